The minimum atomic E-state index is -0.000886. The molecule has 1 saturated heterocycles. The van der Waals surface area contributed by atoms with Gasteiger partial charge < -0.3 is 14.7 Å². The molecule has 24 heavy (non-hydrogen) atoms. The summed E-state index contributed by atoms with van der Waals surface area (Å²) >= 11 is 2.03. The normalized spacial score (nSPS) is 16.2. The number of aryl methyl sites for hydroxylation is 2. The molecule has 2 aromatic rings. The van der Waals surface area contributed by atoms with Crippen molar-refractivity contribution in [3.8, 4) is 0 Å². The molecule has 5 nitrogen and oxygen atoms in total. The molecule has 3 rings (SSSR count). The summed E-state index contributed by atoms with van der Waals surface area (Å²) in [4.78, 5) is 6.93. The second-order valence-electron chi connectivity index (χ2n) is 6.26. The third kappa shape index (κ3) is 4.04. The van der Waals surface area contributed by atoms with Crippen molar-refractivity contribution in [2.45, 2.75) is 39.7 Å². The number of rotatable bonds is 6. The molecule has 1 aromatic heterocycles. The highest BCUT2D eigenvalue weighted by Gasteiger charge is 2.16. The molecule has 2 heterocycles. The molecule has 1 aliphatic rings. The van der Waals surface area contributed by atoms with Gasteiger partial charge in [-0.3, -0.25) is 0 Å². The number of thioether (sulfide) groups is 1. The van der Waals surface area contributed by atoms with Gasteiger partial charge in [-0.15, -0.1) is 0 Å². The lowest BCUT2D eigenvalue weighted by Gasteiger charge is -2.29. The Morgan fingerprint density at radius 3 is 2.83 bits per heavy atom. The zero-order valence-electron chi connectivity index (χ0n) is 14.7. The van der Waals surface area contributed by atoms with E-state index in [1.165, 1.54) is 22.8 Å². The van der Waals surface area contributed by atoms with Crippen LogP contribution in [0.4, 0.5) is 11.4 Å². The molecule has 1 aromatic carbocycles. The summed E-state index contributed by atoms with van der Waals surface area (Å²) in [6.45, 7) is 8.58. The van der Waals surface area contributed by atoms with Gasteiger partial charge in [0.05, 0.1) is 0 Å². The largest absolute Gasteiger partial charge is 0.374 e. The Bertz CT molecular complexity index is 667. The van der Waals surface area contributed by atoms with E-state index in [1.54, 1.807) is 0 Å². The van der Waals surface area contributed by atoms with Crippen LogP contribution in [-0.4, -0.2) is 34.7 Å². The molecule has 0 amide bonds. The highest BCUT2D eigenvalue weighted by atomic mass is 32.2. The highest BCUT2D eigenvalue weighted by molar-refractivity contribution is 7.99. The first-order valence-corrected chi connectivity index (χ1v) is 9.85. The molecule has 0 bridgehead atoms. The summed E-state index contributed by atoms with van der Waals surface area (Å²) in [5.74, 6) is 3.87. The third-order valence-electron chi connectivity index (χ3n) is 4.29. The van der Waals surface area contributed by atoms with Crippen molar-refractivity contribution in [2.75, 3.05) is 34.8 Å². The van der Waals surface area contributed by atoms with E-state index in [2.05, 4.69) is 59.3 Å². The quantitative estimate of drug-likeness (QED) is 0.851. The number of hydrogen-bond acceptors (Lipinski definition) is 6. The van der Waals surface area contributed by atoms with Gasteiger partial charge in [0.2, 0.25) is 5.89 Å². The van der Waals surface area contributed by atoms with Crippen molar-refractivity contribution in [2.24, 2.45) is 0 Å². The van der Waals surface area contributed by atoms with Gasteiger partial charge in [-0.25, -0.2) is 0 Å². The van der Waals surface area contributed by atoms with E-state index in [-0.39, 0.29) is 6.04 Å². The minimum absolute atomic E-state index is 0.000886. The minimum Gasteiger partial charge on any atom is -0.374 e. The number of anilines is 2. The van der Waals surface area contributed by atoms with Crippen LogP contribution in [0.25, 0.3) is 0 Å². The Balaban J connectivity index is 1.67. The SMILES string of the molecule is CCCc1noc([C@@H](C)Nc2ccc(N3CCSCC3)cc2C)n1. The molecule has 0 saturated carbocycles. The lowest BCUT2D eigenvalue weighted by molar-refractivity contribution is 0.362. The first-order valence-electron chi connectivity index (χ1n) is 8.69. The zero-order valence-corrected chi connectivity index (χ0v) is 15.5. The van der Waals surface area contributed by atoms with Crippen LogP contribution in [0.15, 0.2) is 22.7 Å². The Hall–Kier alpha value is -1.69. The van der Waals surface area contributed by atoms with E-state index in [4.69, 9.17) is 4.52 Å². The van der Waals surface area contributed by atoms with Crippen molar-refractivity contribution >= 4 is 23.1 Å². The van der Waals surface area contributed by atoms with Gasteiger partial charge in [0, 0.05) is 42.4 Å². The van der Waals surface area contributed by atoms with Gasteiger partial charge in [0.15, 0.2) is 5.82 Å². The van der Waals surface area contributed by atoms with Gasteiger partial charge in [-0.1, -0.05) is 12.1 Å². The monoisotopic (exact) mass is 346 g/mol. The molecular formula is C18H26N4OS. The van der Waals surface area contributed by atoms with E-state index in [0.717, 1.165) is 37.4 Å². The predicted octanol–water partition coefficient (Wildman–Crippen LogP) is 4.06. The van der Waals surface area contributed by atoms with Gasteiger partial charge >= 0.3 is 0 Å². The Morgan fingerprint density at radius 1 is 1.33 bits per heavy atom. The van der Waals surface area contributed by atoms with E-state index in [0.29, 0.717) is 5.89 Å². The van der Waals surface area contributed by atoms with Crippen LogP contribution >= 0.6 is 11.8 Å². The van der Waals surface area contributed by atoms with Gasteiger partial charge in [-0.05, 0) is 44.0 Å². The number of nitrogens with one attached hydrogen (secondary N) is 1. The summed E-state index contributed by atoms with van der Waals surface area (Å²) in [7, 11) is 0. The molecule has 6 heteroatoms. The topological polar surface area (TPSA) is 54.2 Å². The Kier molecular flexibility index (Phi) is 5.66. The maximum Gasteiger partial charge on any atom is 0.248 e. The first kappa shape index (κ1) is 17.1. The summed E-state index contributed by atoms with van der Waals surface area (Å²) in [6.07, 6.45) is 1.88. The van der Waals surface area contributed by atoms with Crippen LogP contribution in [0.2, 0.25) is 0 Å². The number of aromatic nitrogens is 2. The Morgan fingerprint density at radius 2 is 2.12 bits per heavy atom. The fourth-order valence-electron chi connectivity index (χ4n) is 2.89. The van der Waals surface area contributed by atoms with E-state index in [1.807, 2.05) is 11.8 Å². The summed E-state index contributed by atoms with van der Waals surface area (Å²) in [5, 5.41) is 7.52. The van der Waals surface area contributed by atoms with Crippen molar-refractivity contribution in [1.82, 2.24) is 10.1 Å². The second-order valence-corrected chi connectivity index (χ2v) is 7.49. The van der Waals surface area contributed by atoms with E-state index < -0.39 is 0 Å². The fraction of sp³-hybridized carbons (Fsp3) is 0.556. The zero-order chi connectivity index (χ0) is 16.9. The van der Waals surface area contributed by atoms with Crippen molar-refractivity contribution in [3.63, 3.8) is 0 Å². The lowest BCUT2D eigenvalue weighted by atomic mass is 10.1. The average molecular weight is 347 g/mol. The smallest absolute Gasteiger partial charge is 0.248 e. The molecule has 0 aliphatic carbocycles. The number of benzene rings is 1. The summed E-state index contributed by atoms with van der Waals surface area (Å²) < 4.78 is 5.38. The molecule has 1 atom stereocenters. The molecule has 1 fully saturated rings. The number of hydrogen-bond donors (Lipinski definition) is 1. The van der Waals surface area contributed by atoms with Crippen molar-refractivity contribution < 1.29 is 4.52 Å². The molecule has 130 valence electrons. The summed E-state index contributed by atoms with van der Waals surface area (Å²) in [6, 6.07) is 6.63. The number of nitrogens with zero attached hydrogens (tertiary/aromatic N) is 3. The first-order chi connectivity index (χ1) is 11.7. The van der Waals surface area contributed by atoms with Gasteiger partial charge in [0.1, 0.15) is 6.04 Å². The van der Waals surface area contributed by atoms with Crippen LogP contribution in [0.1, 0.15) is 43.6 Å². The summed E-state index contributed by atoms with van der Waals surface area (Å²) in [5.41, 5.74) is 3.67. The molecule has 1 aliphatic heterocycles. The maximum atomic E-state index is 5.38. The molecule has 0 spiro atoms. The maximum absolute atomic E-state index is 5.38. The molecular weight excluding hydrogens is 320 g/mol. The molecule has 1 N–H and O–H groups in total. The third-order valence-corrected chi connectivity index (χ3v) is 5.23. The lowest BCUT2D eigenvalue weighted by Crippen LogP contribution is -2.32. The van der Waals surface area contributed by atoms with Crippen LogP contribution in [0, 0.1) is 6.92 Å². The standard InChI is InChI=1S/C18H26N4OS/c1-4-5-17-20-18(23-21-17)14(3)19-16-7-6-15(12-13(16)2)22-8-10-24-11-9-22/h6-7,12,14,19H,4-5,8-11H2,1-3H3/t14-/m1/s1. The average Bonchev–Trinajstić information content (AvgIpc) is 3.06. The van der Waals surface area contributed by atoms with Crippen LogP contribution in [0.3, 0.4) is 0 Å². The van der Waals surface area contributed by atoms with Crippen LogP contribution in [-0.2, 0) is 6.42 Å². The van der Waals surface area contributed by atoms with E-state index >= 15 is 0 Å². The molecule has 0 radical (unpaired) electrons. The van der Waals surface area contributed by atoms with Crippen LogP contribution < -0.4 is 10.2 Å². The second kappa shape index (κ2) is 7.92. The van der Waals surface area contributed by atoms with Gasteiger partial charge in [0.25, 0.3) is 0 Å². The van der Waals surface area contributed by atoms with Crippen molar-refractivity contribution in [3.05, 3.63) is 35.5 Å². The fourth-order valence-corrected chi connectivity index (χ4v) is 3.79. The van der Waals surface area contributed by atoms with Crippen LogP contribution in [0.5, 0.6) is 0 Å². The van der Waals surface area contributed by atoms with Crippen molar-refractivity contribution in [1.29, 1.82) is 0 Å². The highest BCUT2D eigenvalue weighted by Crippen LogP contribution is 2.27. The molecule has 0 unspecified atom stereocenters. The predicted molar refractivity (Wildman–Crippen MR) is 101 cm³/mol. The Labute approximate surface area is 148 Å². The van der Waals surface area contributed by atoms with Gasteiger partial charge in [-0.2, -0.15) is 16.7 Å². The van der Waals surface area contributed by atoms with E-state index in [9.17, 15) is 0 Å².